The van der Waals surface area contributed by atoms with Crippen molar-refractivity contribution in [2.45, 2.75) is 31.2 Å². The first-order valence-electron chi connectivity index (χ1n) is 5.69. The molecule has 2 nitrogen and oxygen atoms in total. The number of para-hydroxylation sites is 1. The van der Waals surface area contributed by atoms with Gasteiger partial charge in [-0.3, -0.25) is 4.79 Å². The van der Waals surface area contributed by atoms with Crippen LogP contribution < -0.4 is 4.90 Å². The topological polar surface area (TPSA) is 20.3 Å². The van der Waals surface area contributed by atoms with Crippen molar-refractivity contribution in [2.24, 2.45) is 5.92 Å². The minimum Gasteiger partial charge on any atom is -0.306 e. The molecule has 0 N–H and O–H groups in total. The predicted octanol–water partition coefficient (Wildman–Crippen LogP) is 2.13. The summed E-state index contributed by atoms with van der Waals surface area (Å²) in [6.45, 7) is 0. The van der Waals surface area contributed by atoms with Crippen molar-refractivity contribution < 1.29 is 4.79 Å². The van der Waals surface area contributed by atoms with Gasteiger partial charge in [0.15, 0.2) is 0 Å². The van der Waals surface area contributed by atoms with Gasteiger partial charge in [0.05, 0.1) is 6.42 Å². The quantitative estimate of drug-likeness (QED) is 0.678. The molecule has 2 heteroatoms. The van der Waals surface area contributed by atoms with Crippen LogP contribution >= 0.6 is 0 Å². The van der Waals surface area contributed by atoms with Crippen LogP contribution in [0.25, 0.3) is 0 Å². The van der Waals surface area contributed by atoms with Crippen molar-refractivity contribution in [1.29, 1.82) is 0 Å². The van der Waals surface area contributed by atoms with E-state index in [2.05, 4.69) is 17.0 Å². The molecule has 0 aromatic heterocycles. The minimum absolute atomic E-state index is 0.244. The fourth-order valence-electron chi connectivity index (χ4n) is 3.48. The Morgan fingerprint density at radius 1 is 1.20 bits per heavy atom. The highest BCUT2D eigenvalue weighted by Gasteiger charge is 2.62. The lowest BCUT2D eigenvalue weighted by atomic mass is 9.49. The van der Waals surface area contributed by atoms with Crippen LogP contribution in [0.5, 0.6) is 0 Å². The van der Waals surface area contributed by atoms with E-state index < -0.39 is 0 Å². The molecule has 0 spiro atoms. The maximum atomic E-state index is 12.0. The maximum absolute atomic E-state index is 12.0. The monoisotopic (exact) mass is 199 g/mol. The van der Waals surface area contributed by atoms with Crippen molar-refractivity contribution in [3.05, 3.63) is 29.8 Å². The van der Waals surface area contributed by atoms with Crippen molar-refractivity contribution in [2.75, 3.05) is 4.90 Å². The van der Waals surface area contributed by atoms with E-state index in [1.807, 2.05) is 12.1 Å². The van der Waals surface area contributed by atoms with E-state index in [1.54, 1.807) is 0 Å². The summed E-state index contributed by atoms with van der Waals surface area (Å²) < 4.78 is 0. The number of rotatable bonds is 1. The second-order valence-electron chi connectivity index (χ2n) is 5.24. The van der Waals surface area contributed by atoms with E-state index >= 15 is 0 Å². The van der Waals surface area contributed by atoms with Gasteiger partial charge in [-0.05, 0) is 36.8 Å². The molecule has 0 atom stereocenters. The molecule has 1 amide bonds. The van der Waals surface area contributed by atoms with Gasteiger partial charge in [0.1, 0.15) is 0 Å². The number of nitrogens with zero attached hydrogens (tertiary/aromatic N) is 1. The molecule has 0 saturated heterocycles. The van der Waals surface area contributed by atoms with Crippen LogP contribution in [-0.2, 0) is 11.2 Å². The first kappa shape index (κ1) is 7.91. The SMILES string of the molecule is O=C1Cc2ccccc2N1C12CC(C1)C2. The van der Waals surface area contributed by atoms with Gasteiger partial charge in [-0.1, -0.05) is 18.2 Å². The van der Waals surface area contributed by atoms with E-state index in [-0.39, 0.29) is 5.54 Å². The number of carbonyl (C=O) groups is 1. The third-order valence-corrected chi connectivity index (χ3v) is 4.30. The number of anilines is 1. The largest absolute Gasteiger partial charge is 0.306 e. The van der Waals surface area contributed by atoms with Gasteiger partial charge < -0.3 is 4.90 Å². The normalized spacial score (nSPS) is 35.9. The van der Waals surface area contributed by atoms with E-state index in [4.69, 9.17) is 0 Å². The smallest absolute Gasteiger partial charge is 0.232 e. The van der Waals surface area contributed by atoms with Crippen LogP contribution in [0.3, 0.4) is 0 Å². The molecule has 2 bridgehead atoms. The highest BCUT2D eigenvalue weighted by molar-refractivity contribution is 6.03. The lowest BCUT2D eigenvalue weighted by Gasteiger charge is -2.65. The summed E-state index contributed by atoms with van der Waals surface area (Å²) in [6.07, 6.45) is 4.34. The third-order valence-electron chi connectivity index (χ3n) is 4.30. The number of benzene rings is 1. The molecular weight excluding hydrogens is 186 g/mol. The van der Waals surface area contributed by atoms with Crippen LogP contribution in [0.2, 0.25) is 0 Å². The number of amides is 1. The van der Waals surface area contributed by atoms with E-state index in [0.29, 0.717) is 12.3 Å². The van der Waals surface area contributed by atoms with Crippen LogP contribution in [-0.4, -0.2) is 11.4 Å². The van der Waals surface area contributed by atoms with Crippen molar-refractivity contribution >= 4 is 11.6 Å². The van der Waals surface area contributed by atoms with Gasteiger partial charge in [0.25, 0.3) is 0 Å². The molecule has 3 saturated carbocycles. The summed E-state index contributed by atoms with van der Waals surface area (Å²) in [5, 5.41) is 0. The maximum Gasteiger partial charge on any atom is 0.232 e. The van der Waals surface area contributed by atoms with Gasteiger partial charge in [-0.15, -0.1) is 0 Å². The van der Waals surface area contributed by atoms with Gasteiger partial charge in [-0.25, -0.2) is 0 Å². The highest BCUT2D eigenvalue weighted by atomic mass is 16.2. The van der Waals surface area contributed by atoms with Crippen molar-refractivity contribution in [3.63, 3.8) is 0 Å². The number of fused-ring (bicyclic) bond motifs is 1. The second-order valence-corrected chi connectivity index (χ2v) is 5.24. The molecule has 15 heavy (non-hydrogen) atoms. The highest BCUT2D eigenvalue weighted by Crippen LogP contribution is 2.62. The lowest BCUT2D eigenvalue weighted by molar-refractivity contribution is -0.124. The summed E-state index contributed by atoms with van der Waals surface area (Å²) in [6, 6.07) is 8.24. The molecule has 1 heterocycles. The Balaban J connectivity index is 1.82. The molecule has 1 aliphatic heterocycles. The Morgan fingerprint density at radius 3 is 2.60 bits per heavy atom. The summed E-state index contributed by atoms with van der Waals surface area (Å²) >= 11 is 0. The fraction of sp³-hybridized carbons (Fsp3) is 0.462. The molecule has 1 aromatic rings. The molecule has 1 aromatic carbocycles. The van der Waals surface area contributed by atoms with Gasteiger partial charge in [0, 0.05) is 11.2 Å². The molecule has 3 fully saturated rings. The lowest BCUT2D eigenvalue weighted by Crippen LogP contribution is -2.69. The Bertz CT molecular complexity index is 448. The molecule has 5 rings (SSSR count). The Hall–Kier alpha value is -1.31. The minimum atomic E-state index is 0.244. The third kappa shape index (κ3) is 0.796. The first-order valence-corrected chi connectivity index (χ1v) is 5.69. The Morgan fingerprint density at radius 2 is 1.93 bits per heavy atom. The molecule has 76 valence electrons. The molecule has 0 radical (unpaired) electrons. The fourth-order valence-corrected chi connectivity index (χ4v) is 3.48. The summed E-state index contributed by atoms with van der Waals surface area (Å²) in [5.41, 5.74) is 2.64. The van der Waals surface area contributed by atoms with Gasteiger partial charge >= 0.3 is 0 Å². The van der Waals surface area contributed by atoms with Crippen molar-refractivity contribution in [1.82, 2.24) is 0 Å². The number of hydrogen-bond donors (Lipinski definition) is 0. The average Bonchev–Trinajstić information content (AvgIpc) is 2.39. The van der Waals surface area contributed by atoms with Crippen molar-refractivity contribution in [3.8, 4) is 0 Å². The van der Waals surface area contributed by atoms with Crippen LogP contribution in [0.15, 0.2) is 24.3 Å². The van der Waals surface area contributed by atoms with Gasteiger partial charge in [0.2, 0.25) is 5.91 Å². The summed E-state index contributed by atoms with van der Waals surface area (Å²) in [7, 11) is 0. The molecule has 0 unspecified atom stereocenters. The Labute approximate surface area is 88.9 Å². The van der Waals surface area contributed by atoms with Gasteiger partial charge in [-0.2, -0.15) is 0 Å². The summed E-state index contributed by atoms with van der Waals surface area (Å²) in [5.74, 6) is 1.24. The summed E-state index contributed by atoms with van der Waals surface area (Å²) in [4.78, 5) is 14.1. The second kappa shape index (κ2) is 2.26. The number of carbonyl (C=O) groups excluding carboxylic acids is 1. The van der Waals surface area contributed by atoms with Crippen LogP contribution in [0.4, 0.5) is 5.69 Å². The zero-order valence-corrected chi connectivity index (χ0v) is 8.57. The van der Waals surface area contributed by atoms with Crippen LogP contribution in [0, 0.1) is 5.92 Å². The standard InChI is InChI=1S/C13H13NO/c15-12-5-10-3-1-2-4-11(10)14(12)13-6-9(7-13)8-13/h1-4,9H,5-8H2. The molecule has 4 aliphatic rings. The van der Waals surface area contributed by atoms with E-state index in [0.717, 1.165) is 5.92 Å². The number of hydrogen-bond acceptors (Lipinski definition) is 1. The zero-order chi connectivity index (χ0) is 10.0. The predicted molar refractivity (Wildman–Crippen MR) is 57.7 cm³/mol. The Kier molecular flexibility index (Phi) is 1.19. The molecule has 3 aliphatic carbocycles. The van der Waals surface area contributed by atoms with E-state index in [1.165, 1.54) is 30.5 Å². The first-order chi connectivity index (χ1) is 7.28. The van der Waals surface area contributed by atoms with Crippen LogP contribution in [0.1, 0.15) is 24.8 Å². The average molecular weight is 199 g/mol. The molecular formula is C13H13NO. The zero-order valence-electron chi connectivity index (χ0n) is 8.57. The van der Waals surface area contributed by atoms with E-state index in [9.17, 15) is 4.79 Å².